The average molecular weight is 1010 g/mol. The van der Waals surface area contributed by atoms with Gasteiger partial charge in [-0.15, -0.1) is 0 Å². The highest BCUT2D eigenvalue weighted by molar-refractivity contribution is 5.75. The van der Waals surface area contributed by atoms with Crippen LogP contribution in [0.1, 0.15) is 20.3 Å². The average Bonchev–Trinajstić information content (AvgIpc) is 3.31. The van der Waals surface area contributed by atoms with Crippen molar-refractivity contribution in [3.05, 3.63) is 0 Å². The normalized spacial score (nSPS) is 46.1. The molecule has 12 unspecified atom stereocenters. The summed E-state index contributed by atoms with van der Waals surface area (Å²) in [5.41, 5.74) is 0. The van der Waals surface area contributed by atoms with E-state index in [4.69, 9.17) is 47.4 Å². The highest BCUT2D eigenvalue weighted by Gasteiger charge is 2.60. The van der Waals surface area contributed by atoms with Crippen LogP contribution in [0.2, 0.25) is 0 Å². The quantitative estimate of drug-likeness (QED) is 0.0571. The zero-order chi connectivity index (χ0) is 51.4. The van der Waals surface area contributed by atoms with Gasteiger partial charge in [0.2, 0.25) is 17.6 Å². The number of amides is 2. The Hall–Kier alpha value is -2.59. The molecule has 0 saturated carbocycles. The Balaban J connectivity index is 1.61. The van der Waals surface area contributed by atoms with Crippen LogP contribution in [0.3, 0.4) is 0 Å². The molecule has 5 aliphatic rings. The molecule has 0 aromatic rings. The molecule has 5 heterocycles. The van der Waals surface area contributed by atoms with E-state index in [1.165, 1.54) is 0 Å². The van der Waals surface area contributed by atoms with Gasteiger partial charge >= 0.3 is 0 Å². The maximum Gasteiger partial charge on any atom is 0.217 e. The number of aliphatic hydroxyl groups is 15. The minimum absolute atomic E-state index is 0.863. The first kappa shape index (κ1) is 57.3. The molecule has 5 rings (SSSR count). The number of carbonyl (C=O) groups is 3. The van der Waals surface area contributed by atoms with Crippen LogP contribution < -0.4 is 15.7 Å². The van der Waals surface area contributed by atoms with Crippen LogP contribution in [0.25, 0.3) is 0 Å². The van der Waals surface area contributed by atoms with Gasteiger partial charge < -0.3 is 145 Å². The topological polar surface area (TPSA) is 494 Å². The van der Waals surface area contributed by atoms with Gasteiger partial charge in [0.1, 0.15) is 122 Å². The largest absolute Gasteiger partial charge is 0.544 e. The molecule has 69 heavy (non-hydrogen) atoms. The first-order valence-electron chi connectivity index (χ1n) is 21.6. The molecule has 17 N–H and O–H groups in total. The molecule has 26 atom stereocenters. The van der Waals surface area contributed by atoms with Crippen LogP contribution in [0.5, 0.6) is 0 Å². The fourth-order valence-electron chi connectivity index (χ4n) is 8.71. The lowest BCUT2D eigenvalue weighted by atomic mass is 9.88. The van der Waals surface area contributed by atoms with Crippen LogP contribution >= 0.6 is 0 Å². The third-order valence-corrected chi connectivity index (χ3v) is 12.3. The minimum Gasteiger partial charge on any atom is -0.544 e. The molecule has 0 radical (unpaired) electrons. The molecular weight excluding hydrogens is 948 g/mol. The third kappa shape index (κ3) is 12.3. The summed E-state index contributed by atoms with van der Waals surface area (Å²) >= 11 is 0. The van der Waals surface area contributed by atoms with E-state index in [1.807, 2.05) is 0 Å². The number of carbonyl (C=O) groups excluding carboxylic acids is 3. The Morgan fingerprint density at radius 3 is 1.62 bits per heavy atom. The molecule has 0 bridgehead atoms. The zero-order valence-electron chi connectivity index (χ0n) is 37.1. The van der Waals surface area contributed by atoms with E-state index in [0.717, 1.165) is 21.0 Å². The van der Waals surface area contributed by atoms with E-state index in [1.54, 1.807) is 0 Å². The Kier molecular flexibility index (Phi) is 20.3. The molecule has 2 amide bonds. The predicted molar refractivity (Wildman–Crippen MR) is 209 cm³/mol. The van der Waals surface area contributed by atoms with Crippen molar-refractivity contribution < 1.29 is 143 Å². The Morgan fingerprint density at radius 1 is 0.594 bits per heavy atom. The van der Waals surface area contributed by atoms with Gasteiger partial charge in [0.25, 0.3) is 0 Å². The lowest BCUT2D eigenvalue weighted by Gasteiger charge is -2.54. The van der Waals surface area contributed by atoms with Crippen LogP contribution in [0.15, 0.2) is 0 Å². The van der Waals surface area contributed by atoms with Gasteiger partial charge in [0.05, 0.1) is 45.2 Å². The fraction of sp³-hybridized carbons (Fsp3) is 0.921. The molecule has 5 fully saturated rings. The van der Waals surface area contributed by atoms with Crippen molar-refractivity contribution in [1.29, 1.82) is 0 Å². The monoisotopic (exact) mass is 1010 g/mol. The molecule has 31 heteroatoms. The Bertz CT molecular complexity index is 1670. The standard InChI is InChI=1S/C38H64N2O29/c1-10(46)39-18-12(48)4-38(37(58)59,68-31(18)20(50)13(49)5-41)69-32-27(57)36(65-28-16(8-44)63-34(60-3)26(56)24(28)54)64-17(9-45)29(32)66-33-19(40-11(2)47)30(22(52)15(7-43)61-33)67-35-25(55)23(53)21(51)14(6-42)62-35/h12-36,41-45,48-57H,4-9H2,1-3H3,(H,39,46)(H,40,47)(H,58,59)/p-1/t12-,13-,14?,15?,16?,17?,18-,19?,20-,21+,22+,23?,24?,25?,26?,27?,28-,29+,30?,31-,32?,33+,34-,35+,36+,38+/m1/s1. The number of hydrogen-bond donors (Lipinski definition) is 17. The first-order chi connectivity index (χ1) is 32.5. The van der Waals surface area contributed by atoms with Gasteiger partial charge in [0.15, 0.2) is 25.2 Å². The predicted octanol–water partition coefficient (Wildman–Crippen LogP) is -13.1. The van der Waals surface area contributed by atoms with Crippen LogP contribution in [0, 0.1) is 0 Å². The van der Waals surface area contributed by atoms with Gasteiger partial charge in [-0.25, -0.2) is 0 Å². The molecule has 0 spiro atoms. The van der Waals surface area contributed by atoms with Crippen LogP contribution in [-0.2, 0) is 61.8 Å². The van der Waals surface area contributed by atoms with Crippen LogP contribution in [0.4, 0.5) is 0 Å². The molecule has 5 aliphatic heterocycles. The van der Waals surface area contributed by atoms with Crippen molar-refractivity contribution in [2.45, 2.75) is 179 Å². The molecule has 0 aromatic heterocycles. The van der Waals surface area contributed by atoms with Gasteiger partial charge in [-0.05, 0) is 0 Å². The molecule has 400 valence electrons. The number of rotatable bonds is 19. The zero-order valence-corrected chi connectivity index (χ0v) is 37.1. The number of ether oxygens (including phenoxy) is 10. The summed E-state index contributed by atoms with van der Waals surface area (Å²) in [4.78, 5) is 38.3. The highest BCUT2D eigenvalue weighted by atomic mass is 16.8. The van der Waals surface area contributed by atoms with Crippen LogP contribution in [-0.4, -0.2) is 294 Å². The van der Waals surface area contributed by atoms with E-state index in [2.05, 4.69) is 10.6 Å². The Morgan fingerprint density at radius 2 is 1.07 bits per heavy atom. The summed E-state index contributed by atoms with van der Waals surface area (Å²) < 4.78 is 57.1. The first-order valence-corrected chi connectivity index (χ1v) is 21.6. The number of aliphatic hydroxyl groups excluding tert-OH is 15. The number of carboxylic acid groups (broad SMARTS) is 1. The summed E-state index contributed by atoms with van der Waals surface area (Å²) in [6, 6.07) is -3.61. The second-order valence-corrected chi connectivity index (χ2v) is 17.0. The number of methoxy groups -OCH3 is 1. The summed E-state index contributed by atoms with van der Waals surface area (Å²) in [5, 5.41) is 178. The van der Waals surface area contributed by atoms with Crippen molar-refractivity contribution in [2.75, 3.05) is 40.1 Å². The fourth-order valence-corrected chi connectivity index (χ4v) is 8.71. The maximum atomic E-state index is 13.3. The second-order valence-electron chi connectivity index (χ2n) is 17.0. The SMILES string of the molecule is CO[C@@H]1OC(CO)[C@@H](O[C@@H]2OC(CO)[C@H](O[C@@H]3OC(CO)[C@H](O)C(O[C@@H]4OC(CO)[C@H](O)C(O)C4O)C3NC(C)=O)C(O[C@]3(C(=O)[O-])C[C@@H](O)[C@@H](NC(C)=O)[C@H]([C@H](O)[C@H](O)CO)O3)C2O)C(O)C1O. The van der Waals surface area contributed by atoms with Crippen molar-refractivity contribution in [2.24, 2.45) is 0 Å². The van der Waals surface area contributed by atoms with Gasteiger partial charge in [-0.2, -0.15) is 0 Å². The summed E-state index contributed by atoms with van der Waals surface area (Å²) in [7, 11) is 1.10. The number of aliphatic carboxylic acids is 1. The van der Waals surface area contributed by atoms with E-state index in [-0.39, 0.29) is 0 Å². The van der Waals surface area contributed by atoms with E-state index in [0.29, 0.717) is 0 Å². The number of carboxylic acids is 1. The lowest BCUT2D eigenvalue weighted by Crippen LogP contribution is -2.73. The number of nitrogens with one attached hydrogen (secondary N) is 2. The summed E-state index contributed by atoms with van der Waals surface area (Å²) in [6.07, 6.45) is -47.6. The van der Waals surface area contributed by atoms with E-state index >= 15 is 0 Å². The molecule has 0 aromatic carbocycles. The Labute approximate surface area is 391 Å². The van der Waals surface area contributed by atoms with E-state index < -0.39 is 216 Å². The highest BCUT2D eigenvalue weighted by Crippen LogP contribution is 2.40. The minimum atomic E-state index is -3.42. The molecular formula is C38H63N2O29-. The van der Waals surface area contributed by atoms with Gasteiger partial charge in [-0.1, -0.05) is 0 Å². The van der Waals surface area contributed by atoms with E-state index in [9.17, 15) is 96.1 Å². The van der Waals surface area contributed by atoms with Gasteiger partial charge in [0, 0.05) is 27.4 Å². The van der Waals surface area contributed by atoms with Crippen molar-refractivity contribution in [3.63, 3.8) is 0 Å². The third-order valence-electron chi connectivity index (χ3n) is 12.3. The second kappa shape index (κ2) is 24.4. The molecule has 5 saturated heterocycles. The lowest BCUT2D eigenvalue weighted by molar-refractivity contribution is -0.421. The van der Waals surface area contributed by atoms with Gasteiger partial charge in [-0.3, -0.25) is 9.59 Å². The smallest absolute Gasteiger partial charge is 0.217 e. The molecule has 0 aliphatic carbocycles. The summed E-state index contributed by atoms with van der Waals surface area (Å²) in [5.74, 6) is -7.57. The van der Waals surface area contributed by atoms with Crippen molar-refractivity contribution in [3.8, 4) is 0 Å². The van der Waals surface area contributed by atoms with Crippen molar-refractivity contribution >= 4 is 17.8 Å². The summed E-state index contributed by atoms with van der Waals surface area (Å²) in [6.45, 7) is -3.40. The van der Waals surface area contributed by atoms with Crippen molar-refractivity contribution in [1.82, 2.24) is 10.6 Å². The number of hydrogen-bond acceptors (Lipinski definition) is 29. The maximum absolute atomic E-state index is 13.3. The molecule has 31 nitrogen and oxygen atoms in total.